The number of fused-ring (bicyclic) bond motifs is 1. The summed E-state index contributed by atoms with van der Waals surface area (Å²) in [5.74, 6) is 0.0889. The molecule has 8 heteroatoms. The average molecular weight is 416 g/mol. The number of halogens is 1. The molecule has 3 rings (SSSR count). The summed E-state index contributed by atoms with van der Waals surface area (Å²) in [7, 11) is -2.98. The van der Waals surface area contributed by atoms with E-state index in [2.05, 4.69) is 32.7 Å². The molecular weight excluding hydrogens is 403 g/mol. The van der Waals surface area contributed by atoms with Crippen molar-refractivity contribution < 1.29 is 8.42 Å². The lowest BCUT2D eigenvalue weighted by Crippen LogP contribution is -2.11. The van der Waals surface area contributed by atoms with Crippen LogP contribution in [0.2, 0.25) is 0 Å². The highest BCUT2D eigenvalue weighted by atomic mass is 127. The highest BCUT2D eigenvalue weighted by Crippen LogP contribution is 2.21. The third kappa shape index (κ3) is 3.26. The van der Waals surface area contributed by atoms with Gasteiger partial charge in [0.15, 0.2) is 0 Å². The number of hydrogen-bond acceptors (Lipinski definition) is 4. The van der Waals surface area contributed by atoms with Gasteiger partial charge in [-0.05, 0) is 40.3 Å². The summed E-state index contributed by atoms with van der Waals surface area (Å²) >= 11 is 2.23. The van der Waals surface area contributed by atoms with Crippen LogP contribution in [0, 0.1) is 3.70 Å². The van der Waals surface area contributed by atoms with Gasteiger partial charge < -0.3 is 0 Å². The van der Waals surface area contributed by atoms with Crippen molar-refractivity contribution >= 4 is 38.1 Å². The zero-order valence-corrected chi connectivity index (χ0v) is 14.2. The molecule has 6 nitrogen and oxygen atoms in total. The fraction of sp³-hybridized carbons (Fsp3) is 0.231. The first-order valence-corrected chi connectivity index (χ1v) is 9.39. The maximum absolute atomic E-state index is 11.2. The number of aryl methyl sites for hydroxylation is 1. The van der Waals surface area contributed by atoms with Crippen LogP contribution in [0.25, 0.3) is 16.8 Å². The summed E-state index contributed by atoms with van der Waals surface area (Å²) in [5, 5.41) is 4.20. The molecule has 0 saturated heterocycles. The Balaban J connectivity index is 1.87. The topological polar surface area (TPSA) is 69.3 Å². The van der Waals surface area contributed by atoms with Gasteiger partial charge in [-0.25, -0.2) is 13.4 Å². The van der Waals surface area contributed by atoms with Gasteiger partial charge in [0.1, 0.15) is 19.2 Å². The number of hydrogen-bond donors (Lipinski definition) is 0. The van der Waals surface area contributed by atoms with E-state index in [0.29, 0.717) is 6.54 Å². The Morgan fingerprint density at radius 1 is 1.29 bits per heavy atom. The molecule has 0 N–H and O–H groups in total. The van der Waals surface area contributed by atoms with Crippen LogP contribution in [0.5, 0.6) is 0 Å². The Morgan fingerprint density at radius 3 is 2.86 bits per heavy atom. The van der Waals surface area contributed by atoms with E-state index in [1.54, 1.807) is 10.9 Å². The van der Waals surface area contributed by atoms with E-state index in [-0.39, 0.29) is 5.75 Å². The van der Waals surface area contributed by atoms with Crippen molar-refractivity contribution in [2.75, 3.05) is 12.0 Å². The second-order valence-corrected chi connectivity index (χ2v) is 8.21. The predicted molar refractivity (Wildman–Crippen MR) is 88.8 cm³/mol. The van der Waals surface area contributed by atoms with Crippen molar-refractivity contribution in [2.24, 2.45) is 0 Å². The highest BCUT2D eigenvalue weighted by Gasteiger charge is 2.07. The average Bonchev–Trinajstić information content (AvgIpc) is 3.03. The van der Waals surface area contributed by atoms with E-state index in [1.165, 1.54) is 6.26 Å². The van der Waals surface area contributed by atoms with E-state index in [4.69, 9.17) is 0 Å². The fourth-order valence-corrected chi connectivity index (χ4v) is 3.09. The first kappa shape index (κ1) is 14.5. The number of aromatic nitrogens is 4. The first-order valence-electron chi connectivity index (χ1n) is 6.25. The zero-order valence-electron chi connectivity index (χ0n) is 11.3. The van der Waals surface area contributed by atoms with Gasteiger partial charge in [0.25, 0.3) is 0 Å². The molecule has 0 amide bonds. The third-order valence-corrected chi connectivity index (χ3v) is 4.85. The molecule has 0 fully saturated rings. The van der Waals surface area contributed by atoms with Gasteiger partial charge in [-0.15, -0.1) is 0 Å². The molecular formula is C13H13IN4O2S. The van der Waals surface area contributed by atoms with Gasteiger partial charge in [0.2, 0.25) is 0 Å². The second-order valence-electron chi connectivity index (χ2n) is 4.85. The maximum atomic E-state index is 11.2. The molecule has 21 heavy (non-hydrogen) atoms. The summed E-state index contributed by atoms with van der Waals surface area (Å²) in [6.07, 6.45) is 8.60. The standard InChI is InChI=1S/C13H13IN4O2S/c1-21(19,20)5-4-17-9-11(7-16-17)10-2-3-18-12(14)8-15-13(18)6-10/h2-3,6-9H,4-5H2,1H3. The van der Waals surface area contributed by atoms with Gasteiger partial charge in [-0.2, -0.15) is 5.10 Å². The molecule has 0 aliphatic rings. The molecule has 0 aromatic carbocycles. The number of imidazole rings is 1. The maximum Gasteiger partial charge on any atom is 0.149 e. The minimum Gasteiger partial charge on any atom is -0.295 e. The molecule has 3 heterocycles. The van der Waals surface area contributed by atoms with Crippen LogP contribution in [-0.4, -0.2) is 39.6 Å². The van der Waals surface area contributed by atoms with Gasteiger partial charge >= 0.3 is 0 Å². The summed E-state index contributed by atoms with van der Waals surface area (Å²) in [4.78, 5) is 4.33. The molecule has 0 saturated carbocycles. The van der Waals surface area contributed by atoms with E-state index in [1.807, 2.05) is 35.1 Å². The SMILES string of the molecule is CS(=O)(=O)CCn1cc(-c2ccn3c(I)cnc3c2)cn1. The molecule has 3 aromatic heterocycles. The lowest BCUT2D eigenvalue weighted by molar-refractivity contribution is 0.586. The normalized spacial score (nSPS) is 12.1. The molecule has 0 spiro atoms. The van der Waals surface area contributed by atoms with Crippen LogP contribution in [0.4, 0.5) is 0 Å². The van der Waals surface area contributed by atoms with E-state index in [9.17, 15) is 8.42 Å². The molecule has 0 aliphatic heterocycles. The van der Waals surface area contributed by atoms with Gasteiger partial charge in [0, 0.05) is 24.2 Å². The molecule has 0 radical (unpaired) electrons. The molecule has 3 aromatic rings. The minimum atomic E-state index is -2.98. The summed E-state index contributed by atoms with van der Waals surface area (Å²) in [6.45, 7) is 0.363. The molecule has 0 atom stereocenters. The Hall–Kier alpha value is -1.42. The minimum absolute atomic E-state index is 0.0889. The van der Waals surface area contributed by atoms with Gasteiger partial charge in [0.05, 0.1) is 24.7 Å². The Labute approximate surface area is 135 Å². The van der Waals surface area contributed by atoms with Gasteiger partial charge in [-0.1, -0.05) is 0 Å². The van der Waals surface area contributed by atoms with Crippen LogP contribution in [0.3, 0.4) is 0 Å². The molecule has 0 bridgehead atoms. The molecule has 0 aliphatic carbocycles. The predicted octanol–water partition coefficient (Wildman–Crippen LogP) is 1.85. The monoisotopic (exact) mass is 416 g/mol. The van der Waals surface area contributed by atoms with Crippen molar-refractivity contribution in [3.63, 3.8) is 0 Å². The third-order valence-electron chi connectivity index (χ3n) is 3.13. The van der Waals surface area contributed by atoms with E-state index in [0.717, 1.165) is 20.5 Å². The van der Waals surface area contributed by atoms with Crippen molar-refractivity contribution in [3.8, 4) is 11.1 Å². The quantitative estimate of drug-likeness (QED) is 0.609. The number of pyridine rings is 1. The van der Waals surface area contributed by atoms with Crippen molar-refractivity contribution in [1.82, 2.24) is 19.2 Å². The largest absolute Gasteiger partial charge is 0.295 e. The number of nitrogens with zero attached hydrogens (tertiary/aromatic N) is 4. The smallest absolute Gasteiger partial charge is 0.149 e. The van der Waals surface area contributed by atoms with Crippen LogP contribution in [-0.2, 0) is 16.4 Å². The lowest BCUT2D eigenvalue weighted by Gasteiger charge is -2.00. The van der Waals surface area contributed by atoms with E-state index >= 15 is 0 Å². The fourth-order valence-electron chi connectivity index (χ4n) is 2.02. The van der Waals surface area contributed by atoms with Crippen LogP contribution < -0.4 is 0 Å². The van der Waals surface area contributed by atoms with Crippen LogP contribution >= 0.6 is 22.6 Å². The number of sulfone groups is 1. The Bertz CT molecular complexity index is 898. The van der Waals surface area contributed by atoms with E-state index < -0.39 is 9.84 Å². The van der Waals surface area contributed by atoms with Crippen molar-refractivity contribution in [1.29, 1.82) is 0 Å². The Kier molecular flexibility index (Phi) is 3.74. The Morgan fingerprint density at radius 2 is 2.10 bits per heavy atom. The lowest BCUT2D eigenvalue weighted by atomic mass is 10.1. The van der Waals surface area contributed by atoms with Crippen LogP contribution in [0.1, 0.15) is 0 Å². The molecule has 0 unspecified atom stereocenters. The van der Waals surface area contributed by atoms with Crippen molar-refractivity contribution in [3.05, 3.63) is 40.6 Å². The molecule has 110 valence electrons. The second kappa shape index (κ2) is 5.41. The number of rotatable bonds is 4. The first-order chi connectivity index (χ1) is 9.92. The van der Waals surface area contributed by atoms with Gasteiger partial charge in [-0.3, -0.25) is 9.08 Å². The van der Waals surface area contributed by atoms with Crippen molar-refractivity contribution in [2.45, 2.75) is 6.54 Å². The highest BCUT2D eigenvalue weighted by molar-refractivity contribution is 14.1. The summed E-state index contributed by atoms with van der Waals surface area (Å²) in [5.41, 5.74) is 2.83. The summed E-state index contributed by atoms with van der Waals surface area (Å²) in [6, 6.07) is 3.98. The van der Waals surface area contributed by atoms with Crippen LogP contribution in [0.15, 0.2) is 36.9 Å². The zero-order chi connectivity index (χ0) is 15.0. The summed E-state index contributed by atoms with van der Waals surface area (Å²) < 4.78 is 27.1.